The van der Waals surface area contributed by atoms with Crippen molar-refractivity contribution in [3.8, 4) is 0 Å². The van der Waals surface area contributed by atoms with Gasteiger partial charge in [0.25, 0.3) is 0 Å². The zero-order valence-electron chi connectivity index (χ0n) is 6.32. The second kappa shape index (κ2) is 2.86. The van der Waals surface area contributed by atoms with Crippen LogP contribution in [0.2, 0.25) is 0 Å². The third kappa shape index (κ3) is 1.48. The first kappa shape index (κ1) is 7.98. The third-order valence-corrected chi connectivity index (χ3v) is 2.01. The highest BCUT2D eigenvalue weighted by Crippen LogP contribution is 2.23. The lowest BCUT2D eigenvalue weighted by molar-refractivity contribution is -0.209. The first-order chi connectivity index (χ1) is 4.61. The van der Waals surface area contributed by atoms with Gasteiger partial charge in [-0.25, -0.2) is 0 Å². The van der Waals surface area contributed by atoms with E-state index in [1.165, 1.54) is 0 Å². The van der Waals surface area contributed by atoms with Crippen molar-refractivity contribution in [2.45, 2.75) is 38.8 Å². The maximum absolute atomic E-state index is 9.33. The van der Waals surface area contributed by atoms with Gasteiger partial charge >= 0.3 is 0 Å². The summed E-state index contributed by atoms with van der Waals surface area (Å²) in [7, 11) is 0. The van der Waals surface area contributed by atoms with Crippen LogP contribution in [0.4, 0.5) is 0 Å². The van der Waals surface area contributed by atoms with Crippen LogP contribution in [-0.4, -0.2) is 28.7 Å². The summed E-state index contributed by atoms with van der Waals surface area (Å²) < 4.78 is 4.97. The summed E-state index contributed by atoms with van der Waals surface area (Å²) in [5.74, 6) is 0.138. The molecule has 0 radical (unpaired) electrons. The van der Waals surface area contributed by atoms with Gasteiger partial charge in [-0.05, 0) is 12.8 Å². The van der Waals surface area contributed by atoms with E-state index < -0.39 is 12.4 Å². The highest BCUT2D eigenvalue weighted by atomic mass is 16.6. The summed E-state index contributed by atoms with van der Waals surface area (Å²) in [6, 6.07) is 0. The summed E-state index contributed by atoms with van der Waals surface area (Å²) in [5, 5.41) is 18.4. The molecule has 1 aliphatic heterocycles. The molecule has 1 rings (SSSR count). The molecule has 1 heterocycles. The van der Waals surface area contributed by atoms with Gasteiger partial charge in [0.2, 0.25) is 0 Å². The second-order valence-electron chi connectivity index (χ2n) is 3.00. The van der Waals surface area contributed by atoms with Gasteiger partial charge in [-0.2, -0.15) is 0 Å². The number of aliphatic hydroxyl groups is 2. The zero-order chi connectivity index (χ0) is 7.72. The summed E-state index contributed by atoms with van der Waals surface area (Å²) in [6.07, 6.45) is -0.818. The SMILES string of the molecule is CC1CC(O)OC(C)C1O. The van der Waals surface area contributed by atoms with Crippen LogP contribution in [0.25, 0.3) is 0 Å². The fourth-order valence-electron chi connectivity index (χ4n) is 1.30. The lowest BCUT2D eigenvalue weighted by Crippen LogP contribution is -2.42. The topological polar surface area (TPSA) is 49.7 Å². The number of rotatable bonds is 0. The Morgan fingerprint density at radius 3 is 2.40 bits per heavy atom. The molecule has 3 heteroatoms. The van der Waals surface area contributed by atoms with Gasteiger partial charge in [-0.3, -0.25) is 0 Å². The lowest BCUT2D eigenvalue weighted by Gasteiger charge is -2.33. The van der Waals surface area contributed by atoms with Gasteiger partial charge in [-0.15, -0.1) is 0 Å². The van der Waals surface area contributed by atoms with Gasteiger partial charge in [0.15, 0.2) is 6.29 Å². The first-order valence-electron chi connectivity index (χ1n) is 3.63. The Hall–Kier alpha value is -0.120. The summed E-state index contributed by atoms with van der Waals surface area (Å²) in [6.45, 7) is 3.68. The van der Waals surface area contributed by atoms with Crippen molar-refractivity contribution in [1.82, 2.24) is 0 Å². The minimum Gasteiger partial charge on any atom is -0.390 e. The maximum Gasteiger partial charge on any atom is 0.155 e. The van der Waals surface area contributed by atoms with Crippen molar-refractivity contribution in [2.24, 2.45) is 5.92 Å². The van der Waals surface area contributed by atoms with E-state index in [0.29, 0.717) is 6.42 Å². The Labute approximate surface area is 60.6 Å². The summed E-state index contributed by atoms with van der Waals surface area (Å²) in [5.41, 5.74) is 0. The highest BCUT2D eigenvalue weighted by molar-refractivity contribution is 4.76. The predicted octanol–water partition coefficient (Wildman–Crippen LogP) is 0.111. The molecule has 1 saturated heterocycles. The molecule has 0 aromatic carbocycles. The second-order valence-corrected chi connectivity index (χ2v) is 3.00. The van der Waals surface area contributed by atoms with Gasteiger partial charge in [0, 0.05) is 6.42 Å². The van der Waals surface area contributed by atoms with Crippen LogP contribution >= 0.6 is 0 Å². The standard InChI is InChI=1S/C7H14O3/c1-4-3-6(8)10-5(2)7(4)9/h4-9H,3H2,1-2H3. The fraction of sp³-hybridized carbons (Fsp3) is 1.00. The average molecular weight is 146 g/mol. The third-order valence-electron chi connectivity index (χ3n) is 2.01. The number of hydrogen-bond acceptors (Lipinski definition) is 3. The van der Waals surface area contributed by atoms with Crippen molar-refractivity contribution >= 4 is 0 Å². The molecule has 4 atom stereocenters. The molecule has 0 spiro atoms. The van der Waals surface area contributed by atoms with E-state index in [2.05, 4.69) is 0 Å². The molecule has 60 valence electrons. The number of aliphatic hydroxyl groups excluding tert-OH is 2. The van der Waals surface area contributed by atoms with Crippen LogP contribution in [-0.2, 0) is 4.74 Å². The molecule has 2 N–H and O–H groups in total. The Morgan fingerprint density at radius 2 is 1.90 bits per heavy atom. The zero-order valence-corrected chi connectivity index (χ0v) is 6.32. The van der Waals surface area contributed by atoms with Gasteiger partial charge in [0.1, 0.15) is 0 Å². The van der Waals surface area contributed by atoms with Gasteiger partial charge in [-0.1, -0.05) is 6.92 Å². The largest absolute Gasteiger partial charge is 0.390 e. The molecule has 0 aliphatic carbocycles. The van der Waals surface area contributed by atoms with Crippen LogP contribution < -0.4 is 0 Å². The Bertz CT molecular complexity index is 103. The van der Waals surface area contributed by atoms with Crippen LogP contribution in [0.1, 0.15) is 20.3 Å². The van der Waals surface area contributed by atoms with Crippen LogP contribution in [0.3, 0.4) is 0 Å². The lowest BCUT2D eigenvalue weighted by atomic mass is 9.94. The van der Waals surface area contributed by atoms with E-state index in [4.69, 9.17) is 9.84 Å². The molecule has 0 saturated carbocycles. The van der Waals surface area contributed by atoms with E-state index in [1.54, 1.807) is 6.92 Å². The van der Waals surface area contributed by atoms with Crippen LogP contribution in [0.15, 0.2) is 0 Å². The Kier molecular flexibility index (Phi) is 2.28. The highest BCUT2D eigenvalue weighted by Gasteiger charge is 2.30. The molecule has 1 aliphatic rings. The molecule has 4 unspecified atom stereocenters. The quantitative estimate of drug-likeness (QED) is 0.510. The van der Waals surface area contributed by atoms with Crippen molar-refractivity contribution in [2.75, 3.05) is 0 Å². The molecular formula is C7H14O3. The summed E-state index contributed by atoms with van der Waals surface area (Å²) in [4.78, 5) is 0. The van der Waals surface area contributed by atoms with Crippen molar-refractivity contribution in [1.29, 1.82) is 0 Å². The summed E-state index contributed by atoms with van der Waals surface area (Å²) >= 11 is 0. The Balaban J connectivity index is 2.49. The molecule has 0 bridgehead atoms. The van der Waals surface area contributed by atoms with Crippen LogP contribution in [0, 0.1) is 5.92 Å². The molecule has 0 aromatic heterocycles. The normalized spacial score (nSPS) is 49.2. The molecule has 0 aromatic rings. The average Bonchev–Trinajstić information content (AvgIpc) is 1.82. The van der Waals surface area contributed by atoms with E-state index in [-0.39, 0.29) is 12.0 Å². The van der Waals surface area contributed by atoms with Crippen molar-refractivity contribution in [3.63, 3.8) is 0 Å². The monoisotopic (exact) mass is 146 g/mol. The van der Waals surface area contributed by atoms with E-state index >= 15 is 0 Å². The fourth-order valence-corrected chi connectivity index (χ4v) is 1.30. The van der Waals surface area contributed by atoms with Crippen molar-refractivity contribution in [3.05, 3.63) is 0 Å². The predicted molar refractivity (Wildman–Crippen MR) is 36.3 cm³/mol. The Morgan fingerprint density at radius 1 is 1.30 bits per heavy atom. The van der Waals surface area contributed by atoms with E-state index in [1.807, 2.05) is 6.92 Å². The number of ether oxygens (including phenoxy) is 1. The minimum atomic E-state index is -0.687. The van der Waals surface area contributed by atoms with Gasteiger partial charge in [0.05, 0.1) is 12.2 Å². The van der Waals surface area contributed by atoms with Crippen LogP contribution in [0.5, 0.6) is 0 Å². The molecular weight excluding hydrogens is 132 g/mol. The molecule has 1 fully saturated rings. The molecule has 0 amide bonds. The molecule has 10 heavy (non-hydrogen) atoms. The first-order valence-corrected chi connectivity index (χ1v) is 3.63. The smallest absolute Gasteiger partial charge is 0.155 e. The molecule has 3 nitrogen and oxygen atoms in total. The van der Waals surface area contributed by atoms with E-state index in [9.17, 15) is 5.11 Å². The van der Waals surface area contributed by atoms with Crippen molar-refractivity contribution < 1.29 is 14.9 Å². The maximum atomic E-state index is 9.33. The number of hydrogen-bond donors (Lipinski definition) is 2. The van der Waals surface area contributed by atoms with E-state index in [0.717, 1.165) is 0 Å². The van der Waals surface area contributed by atoms with Gasteiger partial charge < -0.3 is 14.9 Å². The minimum absolute atomic E-state index is 0.138.